The largest absolute Gasteiger partial charge is 0.444 e. The molecular weight excluding hydrogens is 424 g/mol. The highest BCUT2D eigenvalue weighted by atomic mass is 16.5. The average molecular weight is 453 g/mol. The van der Waals surface area contributed by atoms with E-state index in [1.807, 2.05) is 38.1 Å². The molecule has 2 N–H and O–H groups in total. The Morgan fingerprint density at radius 2 is 2.06 bits per heavy atom. The van der Waals surface area contributed by atoms with Crippen LogP contribution in [0.3, 0.4) is 0 Å². The zero-order valence-electron chi connectivity index (χ0n) is 18.9. The second kappa shape index (κ2) is 9.58. The van der Waals surface area contributed by atoms with Crippen molar-refractivity contribution in [3.63, 3.8) is 0 Å². The van der Waals surface area contributed by atoms with E-state index in [1.54, 1.807) is 19.2 Å². The zero-order chi connectivity index (χ0) is 23.5. The first-order chi connectivity index (χ1) is 15.9. The lowest BCUT2D eigenvalue weighted by Gasteiger charge is -2.28. The fourth-order valence-corrected chi connectivity index (χ4v) is 4.24. The maximum absolute atomic E-state index is 13.3. The van der Waals surface area contributed by atoms with Crippen molar-refractivity contribution >= 4 is 11.8 Å². The summed E-state index contributed by atoms with van der Waals surface area (Å²) in [5.74, 6) is 0.0538. The van der Waals surface area contributed by atoms with Gasteiger partial charge in [-0.2, -0.15) is 0 Å². The van der Waals surface area contributed by atoms with Crippen molar-refractivity contribution in [2.24, 2.45) is 0 Å². The predicted molar refractivity (Wildman–Crippen MR) is 119 cm³/mol. The molecule has 0 radical (unpaired) electrons. The van der Waals surface area contributed by atoms with Crippen LogP contribution in [-0.2, 0) is 9.59 Å². The van der Waals surface area contributed by atoms with E-state index in [-0.39, 0.29) is 30.8 Å². The molecule has 0 bridgehead atoms. The Labute approximate surface area is 191 Å². The number of aliphatic hydroxyl groups is 1. The molecule has 9 heteroatoms. The fraction of sp³-hybridized carbons (Fsp3) is 0.417. The number of hydrogen-bond donors (Lipinski definition) is 2. The second-order valence-electron chi connectivity index (χ2n) is 8.45. The standard InChI is InChI=1S/C24H28N4O5/c1-4-19(21-9-14(2)27-33-21)24(31)28-12-18(29)10-20(28)23(30)26-15(3)16-5-7-17(8-6-16)22-11-25-13-32-22/h5-9,11,13,15,18-20,29H,4,10,12H2,1-3H3,(H,26,30)/t15-,18+,19+,20-/m0/s1. The Bertz CT molecular complexity index is 1090. The molecule has 1 saturated heterocycles. The van der Waals surface area contributed by atoms with Crippen molar-refractivity contribution in [2.45, 2.75) is 57.7 Å². The highest BCUT2D eigenvalue weighted by Crippen LogP contribution is 2.29. The molecule has 0 saturated carbocycles. The number of nitrogens with one attached hydrogen (secondary N) is 1. The van der Waals surface area contributed by atoms with E-state index in [9.17, 15) is 14.7 Å². The Kier molecular flexibility index (Phi) is 6.60. The van der Waals surface area contributed by atoms with Crippen LogP contribution >= 0.6 is 0 Å². The molecule has 1 aromatic carbocycles. The van der Waals surface area contributed by atoms with Gasteiger partial charge in [0.15, 0.2) is 12.2 Å². The van der Waals surface area contributed by atoms with Crippen LogP contribution in [0.15, 0.2) is 51.9 Å². The maximum Gasteiger partial charge on any atom is 0.243 e. The topological polar surface area (TPSA) is 122 Å². The first-order valence-corrected chi connectivity index (χ1v) is 11.1. The predicted octanol–water partition coefficient (Wildman–Crippen LogP) is 2.97. The first-order valence-electron chi connectivity index (χ1n) is 11.1. The van der Waals surface area contributed by atoms with Gasteiger partial charge in [0, 0.05) is 24.6 Å². The molecule has 174 valence electrons. The Balaban J connectivity index is 1.45. The molecular formula is C24H28N4O5. The highest BCUT2D eigenvalue weighted by molar-refractivity contribution is 5.91. The third-order valence-electron chi connectivity index (χ3n) is 6.05. The Morgan fingerprint density at radius 1 is 1.30 bits per heavy atom. The van der Waals surface area contributed by atoms with E-state index in [4.69, 9.17) is 8.94 Å². The molecule has 3 heterocycles. The van der Waals surface area contributed by atoms with Crippen molar-refractivity contribution < 1.29 is 23.6 Å². The molecule has 0 spiro atoms. The third-order valence-corrected chi connectivity index (χ3v) is 6.05. The highest BCUT2D eigenvalue weighted by Gasteiger charge is 2.42. The van der Waals surface area contributed by atoms with Gasteiger partial charge >= 0.3 is 0 Å². The number of amides is 2. The lowest BCUT2D eigenvalue weighted by molar-refractivity contribution is -0.140. The van der Waals surface area contributed by atoms with Gasteiger partial charge in [0.25, 0.3) is 0 Å². The summed E-state index contributed by atoms with van der Waals surface area (Å²) < 4.78 is 10.6. The first kappa shape index (κ1) is 22.7. The molecule has 1 fully saturated rings. The normalized spacial score (nSPS) is 19.9. The smallest absolute Gasteiger partial charge is 0.243 e. The van der Waals surface area contributed by atoms with E-state index in [0.717, 1.165) is 11.1 Å². The molecule has 3 aromatic rings. The fourth-order valence-electron chi connectivity index (χ4n) is 4.24. The maximum atomic E-state index is 13.3. The average Bonchev–Trinajstić information content (AvgIpc) is 3.56. The van der Waals surface area contributed by atoms with Crippen molar-refractivity contribution in [1.82, 2.24) is 20.4 Å². The zero-order valence-corrected chi connectivity index (χ0v) is 18.9. The molecule has 1 aliphatic rings. The molecule has 2 amide bonds. The summed E-state index contributed by atoms with van der Waals surface area (Å²) >= 11 is 0. The minimum Gasteiger partial charge on any atom is -0.444 e. The Morgan fingerprint density at radius 3 is 2.67 bits per heavy atom. The van der Waals surface area contributed by atoms with Crippen LogP contribution in [0.1, 0.15) is 55.7 Å². The minimum atomic E-state index is -0.754. The number of aliphatic hydroxyl groups excluding tert-OH is 1. The van der Waals surface area contributed by atoms with Gasteiger partial charge in [-0.05, 0) is 25.8 Å². The number of carbonyl (C=O) groups excluding carboxylic acids is 2. The summed E-state index contributed by atoms with van der Waals surface area (Å²) in [6.07, 6.45) is 2.96. The quantitative estimate of drug-likeness (QED) is 0.565. The van der Waals surface area contributed by atoms with Crippen LogP contribution in [0, 0.1) is 6.92 Å². The van der Waals surface area contributed by atoms with Crippen LogP contribution in [0.5, 0.6) is 0 Å². The molecule has 0 aliphatic carbocycles. The SMILES string of the molecule is CC[C@@H](C(=O)N1C[C@H](O)C[C@H]1C(=O)N[C@@H](C)c1ccc(-c2cnco2)cc1)c1cc(C)no1. The van der Waals surface area contributed by atoms with Gasteiger partial charge in [-0.25, -0.2) is 4.98 Å². The van der Waals surface area contributed by atoms with E-state index < -0.39 is 18.1 Å². The lowest BCUT2D eigenvalue weighted by atomic mass is 10.0. The molecule has 4 rings (SSSR count). The van der Waals surface area contributed by atoms with E-state index in [1.165, 1.54) is 11.3 Å². The second-order valence-corrected chi connectivity index (χ2v) is 8.45. The van der Waals surface area contributed by atoms with Crippen molar-refractivity contribution in [1.29, 1.82) is 0 Å². The number of rotatable bonds is 7. The summed E-state index contributed by atoms with van der Waals surface area (Å²) in [6.45, 7) is 5.66. The van der Waals surface area contributed by atoms with Crippen molar-refractivity contribution in [3.8, 4) is 11.3 Å². The summed E-state index contributed by atoms with van der Waals surface area (Å²) in [4.78, 5) is 31.8. The van der Waals surface area contributed by atoms with Gasteiger partial charge in [-0.15, -0.1) is 0 Å². The number of oxazole rings is 1. The summed E-state index contributed by atoms with van der Waals surface area (Å²) in [5.41, 5.74) is 2.49. The summed E-state index contributed by atoms with van der Waals surface area (Å²) in [6, 6.07) is 8.33. The molecule has 1 aliphatic heterocycles. The van der Waals surface area contributed by atoms with Crippen LogP contribution < -0.4 is 5.32 Å². The number of β-amino-alcohol motifs (C(OH)–C–C–N with tert-alkyl or cyclic N) is 1. The Hall–Kier alpha value is -3.46. The van der Waals surface area contributed by atoms with Gasteiger partial charge in [-0.1, -0.05) is 36.3 Å². The summed E-state index contributed by atoms with van der Waals surface area (Å²) in [5, 5.41) is 17.1. The molecule has 2 aromatic heterocycles. The van der Waals surface area contributed by atoms with Crippen LogP contribution in [-0.4, -0.2) is 50.7 Å². The number of likely N-dealkylation sites (tertiary alicyclic amines) is 1. The number of hydrogen-bond acceptors (Lipinski definition) is 7. The number of nitrogens with zero attached hydrogens (tertiary/aromatic N) is 3. The molecule has 9 nitrogen and oxygen atoms in total. The molecule has 0 unspecified atom stereocenters. The van der Waals surface area contributed by atoms with Gasteiger partial charge in [-0.3, -0.25) is 9.59 Å². The number of aromatic nitrogens is 2. The van der Waals surface area contributed by atoms with Crippen molar-refractivity contribution in [2.75, 3.05) is 6.54 Å². The number of benzene rings is 1. The van der Waals surface area contributed by atoms with Crippen molar-refractivity contribution in [3.05, 3.63) is 59.9 Å². The van der Waals surface area contributed by atoms with Crippen LogP contribution in [0.4, 0.5) is 0 Å². The summed E-state index contributed by atoms with van der Waals surface area (Å²) in [7, 11) is 0. The van der Waals surface area contributed by atoms with Gasteiger partial charge in [0.2, 0.25) is 11.8 Å². The molecule has 4 atom stereocenters. The number of carbonyl (C=O) groups is 2. The van der Waals surface area contributed by atoms with Crippen LogP contribution in [0.25, 0.3) is 11.3 Å². The third kappa shape index (κ3) is 4.83. The van der Waals surface area contributed by atoms with E-state index >= 15 is 0 Å². The minimum absolute atomic E-state index is 0.112. The number of aryl methyl sites for hydroxylation is 1. The van der Waals surface area contributed by atoms with E-state index in [2.05, 4.69) is 15.5 Å². The van der Waals surface area contributed by atoms with Gasteiger partial charge in [0.05, 0.1) is 30.0 Å². The van der Waals surface area contributed by atoms with Gasteiger partial charge in [0.1, 0.15) is 11.8 Å². The van der Waals surface area contributed by atoms with E-state index in [0.29, 0.717) is 23.6 Å². The lowest BCUT2D eigenvalue weighted by Crippen LogP contribution is -2.47. The monoisotopic (exact) mass is 452 g/mol. The van der Waals surface area contributed by atoms with Gasteiger partial charge < -0.3 is 24.3 Å². The van der Waals surface area contributed by atoms with Crippen LogP contribution in [0.2, 0.25) is 0 Å². The molecule has 33 heavy (non-hydrogen) atoms.